The molecule has 0 aliphatic rings. The summed E-state index contributed by atoms with van der Waals surface area (Å²) in [6.07, 6.45) is 0. The summed E-state index contributed by atoms with van der Waals surface area (Å²) in [5.41, 5.74) is 1.31. The van der Waals surface area contributed by atoms with Crippen molar-refractivity contribution in [2.45, 2.75) is 11.8 Å². The van der Waals surface area contributed by atoms with Crippen molar-refractivity contribution >= 4 is 44.8 Å². The standard InChI is InChI=1S/C22H20Cl2N2O4S/c1-15-6-9-17(10-7-15)31(28,29)26-16-8-11-19(23)18(14-16)22(27)25-12-13-30-21-5-3-2-4-20(21)24/h2-11,14,26H,12-13H2,1H3,(H,25,27). The maximum Gasteiger partial charge on any atom is 0.261 e. The fraction of sp³-hybridized carbons (Fsp3) is 0.136. The van der Waals surface area contributed by atoms with Crippen molar-refractivity contribution in [3.05, 3.63) is 87.9 Å². The maximum absolute atomic E-state index is 12.6. The van der Waals surface area contributed by atoms with Crippen LogP contribution >= 0.6 is 23.2 Å². The van der Waals surface area contributed by atoms with Gasteiger partial charge >= 0.3 is 0 Å². The van der Waals surface area contributed by atoms with Gasteiger partial charge in [0.2, 0.25) is 0 Å². The highest BCUT2D eigenvalue weighted by atomic mass is 35.5. The lowest BCUT2D eigenvalue weighted by Gasteiger charge is -2.12. The Morgan fingerprint density at radius 3 is 2.39 bits per heavy atom. The maximum atomic E-state index is 12.6. The second kappa shape index (κ2) is 10.0. The summed E-state index contributed by atoms with van der Waals surface area (Å²) in [6.45, 7) is 2.28. The lowest BCUT2D eigenvalue weighted by atomic mass is 10.2. The number of anilines is 1. The number of halogens is 2. The summed E-state index contributed by atoms with van der Waals surface area (Å²) in [6, 6.07) is 17.8. The van der Waals surface area contributed by atoms with Crippen LogP contribution in [0.15, 0.2) is 71.6 Å². The summed E-state index contributed by atoms with van der Waals surface area (Å²) in [7, 11) is -3.80. The summed E-state index contributed by atoms with van der Waals surface area (Å²) >= 11 is 12.2. The van der Waals surface area contributed by atoms with Gasteiger partial charge in [0.05, 0.1) is 27.0 Å². The van der Waals surface area contributed by atoms with Gasteiger partial charge in [-0.3, -0.25) is 9.52 Å². The first-order chi connectivity index (χ1) is 14.8. The van der Waals surface area contributed by atoms with Crippen LogP contribution in [0.1, 0.15) is 15.9 Å². The summed E-state index contributed by atoms with van der Waals surface area (Å²) < 4.78 is 33.2. The number of benzene rings is 3. The number of rotatable bonds is 8. The minimum atomic E-state index is -3.80. The van der Waals surface area contributed by atoms with Gasteiger partial charge in [-0.15, -0.1) is 0 Å². The van der Waals surface area contributed by atoms with Crippen LogP contribution in [0.5, 0.6) is 5.75 Å². The quantitative estimate of drug-likeness (QED) is 0.450. The number of carbonyl (C=O) groups is 1. The molecule has 0 atom stereocenters. The average molecular weight is 479 g/mol. The van der Waals surface area contributed by atoms with Gasteiger partial charge in [0.1, 0.15) is 12.4 Å². The van der Waals surface area contributed by atoms with Crippen molar-refractivity contribution in [3.8, 4) is 5.75 Å². The molecular formula is C22H20Cl2N2O4S. The minimum Gasteiger partial charge on any atom is -0.490 e. The average Bonchev–Trinajstić information content (AvgIpc) is 2.73. The number of para-hydroxylation sites is 1. The van der Waals surface area contributed by atoms with E-state index >= 15 is 0 Å². The molecule has 0 heterocycles. The van der Waals surface area contributed by atoms with Crippen LogP contribution in [-0.4, -0.2) is 27.5 Å². The Bertz CT molecular complexity index is 1180. The normalized spacial score (nSPS) is 11.1. The van der Waals surface area contributed by atoms with E-state index in [1.165, 1.54) is 30.3 Å². The lowest BCUT2D eigenvalue weighted by Crippen LogP contribution is -2.28. The first-order valence-electron chi connectivity index (χ1n) is 9.31. The molecule has 31 heavy (non-hydrogen) atoms. The van der Waals surface area contributed by atoms with Crippen LogP contribution in [0.4, 0.5) is 5.69 Å². The molecule has 162 valence electrons. The van der Waals surface area contributed by atoms with Crippen molar-refractivity contribution in [1.82, 2.24) is 5.32 Å². The Morgan fingerprint density at radius 1 is 0.968 bits per heavy atom. The monoisotopic (exact) mass is 478 g/mol. The molecule has 2 N–H and O–H groups in total. The Hall–Kier alpha value is -2.74. The number of hydrogen-bond acceptors (Lipinski definition) is 4. The van der Waals surface area contributed by atoms with Crippen LogP contribution in [0.25, 0.3) is 0 Å². The third-order valence-electron chi connectivity index (χ3n) is 4.28. The van der Waals surface area contributed by atoms with Crippen molar-refractivity contribution in [2.75, 3.05) is 17.9 Å². The molecule has 0 bridgehead atoms. The van der Waals surface area contributed by atoms with Gasteiger partial charge in [-0.05, 0) is 49.4 Å². The smallest absolute Gasteiger partial charge is 0.261 e. The molecule has 6 nitrogen and oxygen atoms in total. The van der Waals surface area contributed by atoms with E-state index in [0.29, 0.717) is 10.8 Å². The van der Waals surface area contributed by atoms with Crippen LogP contribution in [0, 0.1) is 6.92 Å². The van der Waals surface area contributed by atoms with E-state index in [1.54, 1.807) is 36.4 Å². The molecule has 0 aliphatic carbocycles. The van der Waals surface area contributed by atoms with E-state index in [4.69, 9.17) is 27.9 Å². The SMILES string of the molecule is Cc1ccc(S(=O)(=O)Nc2ccc(Cl)c(C(=O)NCCOc3ccccc3Cl)c2)cc1. The predicted octanol–water partition coefficient (Wildman–Crippen LogP) is 4.91. The fourth-order valence-electron chi connectivity index (χ4n) is 2.68. The predicted molar refractivity (Wildman–Crippen MR) is 123 cm³/mol. The van der Waals surface area contributed by atoms with Gasteiger partial charge in [0, 0.05) is 5.69 Å². The highest BCUT2D eigenvalue weighted by Crippen LogP contribution is 2.24. The van der Waals surface area contributed by atoms with Gasteiger partial charge in [-0.1, -0.05) is 53.0 Å². The molecule has 0 saturated heterocycles. The topological polar surface area (TPSA) is 84.5 Å². The molecule has 9 heteroatoms. The summed E-state index contributed by atoms with van der Waals surface area (Å²) in [5, 5.41) is 3.36. The van der Waals surface area contributed by atoms with Gasteiger partial charge in [-0.2, -0.15) is 0 Å². The van der Waals surface area contributed by atoms with Gasteiger partial charge < -0.3 is 10.1 Å². The first-order valence-corrected chi connectivity index (χ1v) is 11.5. The number of ether oxygens (including phenoxy) is 1. The molecule has 0 aromatic heterocycles. The second-order valence-corrected chi connectivity index (χ2v) is 9.14. The highest BCUT2D eigenvalue weighted by molar-refractivity contribution is 7.92. The second-order valence-electron chi connectivity index (χ2n) is 6.65. The van der Waals surface area contributed by atoms with E-state index < -0.39 is 15.9 Å². The lowest BCUT2D eigenvalue weighted by molar-refractivity contribution is 0.0947. The Morgan fingerprint density at radius 2 is 1.68 bits per heavy atom. The summed E-state index contributed by atoms with van der Waals surface area (Å²) in [4.78, 5) is 12.6. The van der Waals surface area contributed by atoms with Crippen molar-refractivity contribution < 1.29 is 17.9 Å². The van der Waals surface area contributed by atoms with Gasteiger partial charge in [0.25, 0.3) is 15.9 Å². The largest absolute Gasteiger partial charge is 0.490 e. The van der Waals surface area contributed by atoms with Crippen LogP contribution in [0.3, 0.4) is 0 Å². The van der Waals surface area contributed by atoms with Gasteiger partial charge in [0.15, 0.2) is 0 Å². The number of amides is 1. The first kappa shape index (κ1) is 22.9. The number of aryl methyl sites for hydroxylation is 1. The minimum absolute atomic E-state index is 0.121. The Labute approximate surface area is 191 Å². The molecule has 0 spiro atoms. The summed E-state index contributed by atoms with van der Waals surface area (Å²) in [5.74, 6) is 0.0631. The number of hydrogen-bond donors (Lipinski definition) is 2. The highest BCUT2D eigenvalue weighted by Gasteiger charge is 2.17. The Balaban J connectivity index is 1.64. The third kappa shape index (κ3) is 6.13. The zero-order valence-electron chi connectivity index (χ0n) is 16.6. The number of carbonyl (C=O) groups excluding carboxylic acids is 1. The van der Waals surface area contributed by atoms with Gasteiger partial charge in [-0.25, -0.2) is 8.42 Å². The molecule has 3 rings (SSSR count). The van der Waals surface area contributed by atoms with Crippen LogP contribution < -0.4 is 14.8 Å². The van der Waals surface area contributed by atoms with Crippen molar-refractivity contribution in [2.24, 2.45) is 0 Å². The molecule has 3 aromatic rings. The van der Waals surface area contributed by atoms with Crippen molar-refractivity contribution in [3.63, 3.8) is 0 Å². The zero-order valence-corrected chi connectivity index (χ0v) is 18.9. The molecule has 0 fully saturated rings. The van der Waals surface area contributed by atoms with E-state index in [0.717, 1.165) is 5.56 Å². The van der Waals surface area contributed by atoms with E-state index in [9.17, 15) is 13.2 Å². The zero-order chi connectivity index (χ0) is 22.4. The molecule has 0 saturated carbocycles. The van der Waals surface area contributed by atoms with Crippen LogP contribution in [-0.2, 0) is 10.0 Å². The third-order valence-corrected chi connectivity index (χ3v) is 6.32. The van der Waals surface area contributed by atoms with E-state index in [1.807, 2.05) is 6.92 Å². The van der Waals surface area contributed by atoms with E-state index in [2.05, 4.69) is 10.0 Å². The molecule has 0 radical (unpaired) electrons. The molecule has 3 aromatic carbocycles. The molecular weight excluding hydrogens is 459 g/mol. The molecule has 1 amide bonds. The number of sulfonamides is 1. The van der Waals surface area contributed by atoms with Crippen LogP contribution in [0.2, 0.25) is 10.0 Å². The molecule has 0 unspecified atom stereocenters. The van der Waals surface area contributed by atoms with E-state index in [-0.39, 0.29) is 34.3 Å². The molecule has 0 aliphatic heterocycles. The number of nitrogens with one attached hydrogen (secondary N) is 2. The Kier molecular flexibility index (Phi) is 7.43. The van der Waals surface area contributed by atoms with Crippen molar-refractivity contribution in [1.29, 1.82) is 0 Å². The fourth-order valence-corrected chi connectivity index (χ4v) is 4.12.